The minimum atomic E-state index is 0.750. The number of carbonyl (C=O) groups excluding carboxylic acids is 1. The third kappa shape index (κ3) is 2.35. The number of fused-ring (bicyclic) bond motifs is 1. The fourth-order valence-corrected chi connectivity index (χ4v) is 2.02. The molecular weight excluding hydrogens is 202 g/mol. The number of aldehydes is 1. The smallest absolute Gasteiger partial charge is 0.127 e. The molecular formula is C13H19NO2. The summed E-state index contributed by atoms with van der Waals surface area (Å²) in [6.07, 6.45) is 1.86. The van der Waals surface area contributed by atoms with Gasteiger partial charge in [0.2, 0.25) is 0 Å². The van der Waals surface area contributed by atoms with Gasteiger partial charge in [0.05, 0.1) is 7.11 Å². The molecule has 0 amide bonds. The van der Waals surface area contributed by atoms with E-state index in [-0.39, 0.29) is 0 Å². The van der Waals surface area contributed by atoms with Crippen molar-refractivity contribution < 1.29 is 9.53 Å². The molecule has 0 atom stereocenters. The Morgan fingerprint density at radius 1 is 1.44 bits per heavy atom. The SMILES string of the molecule is CC=O.COc1c(C)ccc2c1CCN2C. The molecule has 16 heavy (non-hydrogen) atoms. The Morgan fingerprint density at radius 2 is 2.06 bits per heavy atom. The van der Waals surface area contributed by atoms with Crippen molar-refractivity contribution in [1.29, 1.82) is 0 Å². The molecule has 0 saturated carbocycles. The monoisotopic (exact) mass is 221 g/mol. The predicted molar refractivity (Wildman–Crippen MR) is 66.4 cm³/mol. The number of hydrogen-bond donors (Lipinski definition) is 0. The van der Waals surface area contributed by atoms with E-state index in [4.69, 9.17) is 9.53 Å². The fraction of sp³-hybridized carbons (Fsp3) is 0.462. The van der Waals surface area contributed by atoms with Crippen LogP contribution in [0.1, 0.15) is 18.1 Å². The summed E-state index contributed by atoms with van der Waals surface area (Å²) in [5.41, 5.74) is 3.92. The number of rotatable bonds is 1. The Morgan fingerprint density at radius 3 is 2.62 bits per heavy atom. The second kappa shape index (κ2) is 5.54. The second-order valence-corrected chi connectivity index (χ2v) is 3.82. The standard InChI is InChI=1S/C11H15NO.C2H4O/c1-8-4-5-10-9(11(8)13-3)6-7-12(10)2;1-2-3/h4-5H,6-7H2,1-3H3;2H,1H3. The van der Waals surface area contributed by atoms with Crippen LogP contribution in [-0.2, 0) is 11.2 Å². The lowest BCUT2D eigenvalue weighted by Gasteiger charge is -2.14. The van der Waals surface area contributed by atoms with Crippen LogP contribution in [0.5, 0.6) is 5.75 Å². The number of methoxy groups -OCH3 is 1. The van der Waals surface area contributed by atoms with Crippen molar-refractivity contribution >= 4 is 12.0 Å². The van der Waals surface area contributed by atoms with E-state index in [0.717, 1.165) is 25.0 Å². The largest absolute Gasteiger partial charge is 0.496 e. The number of carbonyl (C=O) groups is 1. The first-order valence-electron chi connectivity index (χ1n) is 5.43. The number of ether oxygens (including phenoxy) is 1. The first-order chi connectivity index (χ1) is 7.65. The van der Waals surface area contributed by atoms with Gasteiger partial charge in [-0.3, -0.25) is 0 Å². The molecule has 1 aromatic rings. The Bertz CT molecular complexity index is 374. The zero-order valence-electron chi connectivity index (χ0n) is 10.4. The molecule has 1 aliphatic heterocycles. The molecule has 0 aromatic heterocycles. The molecule has 1 aliphatic rings. The molecule has 0 radical (unpaired) electrons. The molecule has 2 rings (SSSR count). The van der Waals surface area contributed by atoms with Crippen molar-refractivity contribution in [2.45, 2.75) is 20.3 Å². The van der Waals surface area contributed by atoms with Gasteiger partial charge < -0.3 is 14.4 Å². The topological polar surface area (TPSA) is 29.5 Å². The van der Waals surface area contributed by atoms with Crippen LogP contribution in [0.3, 0.4) is 0 Å². The molecule has 0 aliphatic carbocycles. The summed E-state index contributed by atoms with van der Waals surface area (Å²) in [5, 5.41) is 0. The molecule has 0 saturated heterocycles. The van der Waals surface area contributed by atoms with Gasteiger partial charge in [0.1, 0.15) is 12.0 Å². The highest BCUT2D eigenvalue weighted by atomic mass is 16.5. The number of hydrogen-bond acceptors (Lipinski definition) is 3. The third-order valence-electron chi connectivity index (χ3n) is 2.75. The van der Waals surface area contributed by atoms with E-state index >= 15 is 0 Å². The first kappa shape index (κ1) is 12.6. The maximum absolute atomic E-state index is 8.81. The Hall–Kier alpha value is -1.51. The van der Waals surface area contributed by atoms with Crippen LogP contribution >= 0.6 is 0 Å². The van der Waals surface area contributed by atoms with E-state index in [2.05, 4.69) is 31.0 Å². The second-order valence-electron chi connectivity index (χ2n) is 3.82. The van der Waals surface area contributed by atoms with Crippen LogP contribution < -0.4 is 9.64 Å². The van der Waals surface area contributed by atoms with Gasteiger partial charge in [-0.15, -0.1) is 0 Å². The normalized spacial score (nSPS) is 12.6. The maximum Gasteiger partial charge on any atom is 0.127 e. The highest BCUT2D eigenvalue weighted by Crippen LogP contribution is 2.36. The van der Waals surface area contributed by atoms with Crippen LogP contribution in [-0.4, -0.2) is 27.0 Å². The fourth-order valence-electron chi connectivity index (χ4n) is 2.02. The molecule has 0 fully saturated rings. The van der Waals surface area contributed by atoms with E-state index in [1.54, 1.807) is 7.11 Å². The molecule has 0 bridgehead atoms. The molecule has 3 nitrogen and oxygen atoms in total. The van der Waals surface area contributed by atoms with Crippen LogP contribution in [0.15, 0.2) is 12.1 Å². The summed E-state index contributed by atoms with van der Waals surface area (Å²) in [4.78, 5) is 11.1. The average Bonchev–Trinajstić information content (AvgIpc) is 2.62. The lowest BCUT2D eigenvalue weighted by molar-refractivity contribution is -0.106. The van der Waals surface area contributed by atoms with E-state index in [9.17, 15) is 0 Å². The summed E-state index contributed by atoms with van der Waals surface area (Å²) in [7, 11) is 3.88. The van der Waals surface area contributed by atoms with Crippen LogP contribution in [0, 0.1) is 6.92 Å². The first-order valence-corrected chi connectivity index (χ1v) is 5.43. The van der Waals surface area contributed by atoms with E-state index in [1.807, 2.05) is 0 Å². The molecule has 0 spiro atoms. The number of anilines is 1. The maximum atomic E-state index is 8.81. The van der Waals surface area contributed by atoms with Gasteiger partial charge in [0, 0.05) is 24.8 Å². The summed E-state index contributed by atoms with van der Waals surface area (Å²) in [5.74, 6) is 1.07. The highest BCUT2D eigenvalue weighted by molar-refractivity contribution is 5.64. The van der Waals surface area contributed by atoms with Crippen LogP contribution in [0.25, 0.3) is 0 Å². The lowest BCUT2D eigenvalue weighted by atomic mass is 10.1. The van der Waals surface area contributed by atoms with Gasteiger partial charge >= 0.3 is 0 Å². The van der Waals surface area contributed by atoms with E-state index in [1.165, 1.54) is 23.7 Å². The Balaban J connectivity index is 0.000000386. The third-order valence-corrected chi connectivity index (χ3v) is 2.75. The van der Waals surface area contributed by atoms with Gasteiger partial charge in [-0.05, 0) is 31.9 Å². The van der Waals surface area contributed by atoms with Gasteiger partial charge in [0.25, 0.3) is 0 Å². The number of likely N-dealkylation sites (N-methyl/N-ethyl adjacent to an activating group) is 1. The lowest BCUT2D eigenvalue weighted by Crippen LogP contribution is -2.12. The summed E-state index contributed by atoms with van der Waals surface area (Å²) in [6, 6.07) is 4.31. The van der Waals surface area contributed by atoms with Gasteiger partial charge in [-0.2, -0.15) is 0 Å². The van der Waals surface area contributed by atoms with Crippen LogP contribution in [0.4, 0.5) is 5.69 Å². The summed E-state index contributed by atoms with van der Waals surface area (Å²) in [6.45, 7) is 4.65. The molecule has 1 aromatic carbocycles. The molecule has 1 heterocycles. The van der Waals surface area contributed by atoms with Crippen molar-refractivity contribution in [3.8, 4) is 5.75 Å². The predicted octanol–water partition coefficient (Wildman–Crippen LogP) is 2.20. The Labute approximate surface area is 97.0 Å². The summed E-state index contributed by atoms with van der Waals surface area (Å²) >= 11 is 0. The summed E-state index contributed by atoms with van der Waals surface area (Å²) < 4.78 is 5.41. The van der Waals surface area contributed by atoms with E-state index < -0.39 is 0 Å². The van der Waals surface area contributed by atoms with Crippen LogP contribution in [0.2, 0.25) is 0 Å². The van der Waals surface area contributed by atoms with E-state index in [0.29, 0.717) is 0 Å². The minimum Gasteiger partial charge on any atom is -0.496 e. The Kier molecular flexibility index (Phi) is 4.35. The quantitative estimate of drug-likeness (QED) is 0.681. The van der Waals surface area contributed by atoms with Crippen molar-refractivity contribution in [1.82, 2.24) is 0 Å². The zero-order valence-corrected chi connectivity index (χ0v) is 10.4. The van der Waals surface area contributed by atoms with Gasteiger partial charge in [-0.25, -0.2) is 0 Å². The number of benzene rings is 1. The minimum absolute atomic E-state index is 0.750. The molecule has 88 valence electrons. The molecule has 0 unspecified atom stereocenters. The van der Waals surface area contributed by atoms with Crippen molar-refractivity contribution in [2.24, 2.45) is 0 Å². The van der Waals surface area contributed by atoms with Crippen molar-refractivity contribution in [2.75, 3.05) is 25.6 Å². The number of nitrogens with zero attached hydrogens (tertiary/aromatic N) is 1. The zero-order chi connectivity index (χ0) is 12.1. The van der Waals surface area contributed by atoms with Crippen molar-refractivity contribution in [3.63, 3.8) is 0 Å². The molecule has 0 N–H and O–H groups in total. The molecule has 3 heteroatoms. The highest BCUT2D eigenvalue weighted by Gasteiger charge is 2.20. The van der Waals surface area contributed by atoms with Gasteiger partial charge in [-0.1, -0.05) is 6.07 Å². The van der Waals surface area contributed by atoms with Gasteiger partial charge in [0.15, 0.2) is 0 Å². The average molecular weight is 221 g/mol. The van der Waals surface area contributed by atoms with Crippen molar-refractivity contribution in [3.05, 3.63) is 23.3 Å². The number of aryl methyl sites for hydroxylation is 1.